The van der Waals surface area contributed by atoms with Crippen LogP contribution in [0.25, 0.3) is 0 Å². The molecule has 23 heavy (non-hydrogen) atoms. The molecule has 0 unspecified atom stereocenters. The van der Waals surface area contributed by atoms with E-state index in [0.717, 1.165) is 32.5 Å². The molecule has 1 aromatic rings. The SMILES string of the molecule is CC(=O)N1CCC(N(C)C[C@]2(c3ccccc3)CC2(C)C)CC1. The van der Waals surface area contributed by atoms with Gasteiger partial charge >= 0.3 is 0 Å². The summed E-state index contributed by atoms with van der Waals surface area (Å²) < 4.78 is 0. The van der Waals surface area contributed by atoms with Gasteiger partial charge in [0, 0.05) is 38.0 Å². The largest absolute Gasteiger partial charge is 0.343 e. The first-order valence-corrected chi connectivity index (χ1v) is 8.87. The summed E-state index contributed by atoms with van der Waals surface area (Å²) >= 11 is 0. The van der Waals surface area contributed by atoms with Gasteiger partial charge in [-0.3, -0.25) is 4.79 Å². The van der Waals surface area contributed by atoms with Gasteiger partial charge in [-0.1, -0.05) is 44.2 Å². The van der Waals surface area contributed by atoms with E-state index in [1.165, 1.54) is 12.0 Å². The highest BCUT2D eigenvalue weighted by Crippen LogP contribution is 2.64. The first kappa shape index (κ1) is 16.5. The van der Waals surface area contributed by atoms with Gasteiger partial charge in [-0.15, -0.1) is 0 Å². The number of rotatable bonds is 4. The second-order valence-corrected chi connectivity index (χ2v) is 8.16. The summed E-state index contributed by atoms with van der Waals surface area (Å²) in [7, 11) is 2.27. The number of piperidine rings is 1. The number of likely N-dealkylation sites (tertiary alicyclic amines) is 1. The number of hydrogen-bond acceptors (Lipinski definition) is 2. The van der Waals surface area contributed by atoms with Gasteiger partial charge in [0.05, 0.1) is 0 Å². The lowest BCUT2D eigenvalue weighted by atomic mass is 9.86. The summed E-state index contributed by atoms with van der Waals surface area (Å²) in [4.78, 5) is 16.0. The molecule has 1 saturated heterocycles. The Morgan fingerprint density at radius 1 is 1.22 bits per heavy atom. The average molecular weight is 314 g/mol. The van der Waals surface area contributed by atoms with Crippen LogP contribution in [-0.2, 0) is 10.2 Å². The van der Waals surface area contributed by atoms with E-state index in [2.05, 4.69) is 56.1 Å². The van der Waals surface area contributed by atoms with Crippen LogP contribution >= 0.6 is 0 Å². The molecule has 1 aliphatic heterocycles. The molecule has 0 radical (unpaired) electrons. The molecule has 3 heteroatoms. The number of amides is 1. The van der Waals surface area contributed by atoms with E-state index in [9.17, 15) is 4.79 Å². The quantitative estimate of drug-likeness (QED) is 0.851. The standard InChI is InChI=1S/C20H30N2O/c1-16(23)22-12-10-18(11-13-22)21(4)15-20(14-19(20,2)3)17-8-6-5-7-9-17/h5-9,18H,10-15H2,1-4H3/t20-/m0/s1. The van der Waals surface area contributed by atoms with Crippen molar-refractivity contribution in [2.45, 2.75) is 51.5 Å². The molecule has 3 nitrogen and oxygen atoms in total. The van der Waals surface area contributed by atoms with E-state index < -0.39 is 0 Å². The Labute approximate surface area is 140 Å². The fraction of sp³-hybridized carbons (Fsp3) is 0.650. The monoisotopic (exact) mass is 314 g/mol. The number of hydrogen-bond donors (Lipinski definition) is 0. The lowest BCUT2D eigenvalue weighted by Gasteiger charge is -2.38. The van der Waals surface area contributed by atoms with E-state index >= 15 is 0 Å². The Bertz CT molecular complexity index is 560. The molecule has 0 bridgehead atoms. The smallest absolute Gasteiger partial charge is 0.219 e. The zero-order valence-electron chi connectivity index (χ0n) is 15.0. The van der Waals surface area contributed by atoms with Crippen LogP contribution in [0.2, 0.25) is 0 Å². The van der Waals surface area contributed by atoms with E-state index in [1.54, 1.807) is 6.92 Å². The number of carbonyl (C=O) groups excluding carboxylic acids is 1. The van der Waals surface area contributed by atoms with E-state index in [0.29, 0.717) is 16.9 Å². The van der Waals surface area contributed by atoms with Crippen molar-refractivity contribution in [2.24, 2.45) is 5.41 Å². The van der Waals surface area contributed by atoms with Gasteiger partial charge in [-0.25, -0.2) is 0 Å². The van der Waals surface area contributed by atoms with Crippen molar-refractivity contribution in [1.29, 1.82) is 0 Å². The van der Waals surface area contributed by atoms with E-state index in [-0.39, 0.29) is 5.91 Å². The molecule has 1 atom stereocenters. The second kappa shape index (κ2) is 5.94. The molecule has 2 fully saturated rings. The van der Waals surface area contributed by atoms with E-state index in [1.807, 2.05) is 4.90 Å². The van der Waals surface area contributed by atoms with Gasteiger partial charge in [0.2, 0.25) is 5.91 Å². The Morgan fingerprint density at radius 2 is 1.78 bits per heavy atom. The maximum Gasteiger partial charge on any atom is 0.219 e. The lowest BCUT2D eigenvalue weighted by Crippen LogP contribution is -2.47. The highest BCUT2D eigenvalue weighted by molar-refractivity contribution is 5.73. The molecule has 1 heterocycles. The van der Waals surface area contributed by atoms with Crippen LogP contribution < -0.4 is 0 Å². The van der Waals surface area contributed by atoms with Gasteiger partial charge in [-0.05, 0) is 37.3 Å². The predicted octanol–water partition coefficient (Wildman–Crippen LogP) is 3.30. The van der Waals surface area contributed by atoms with Crippen molar-refractivity contribution in [1.82, 2.24) is 9.80 Å². The highest BCUT2D eigenvalue weighted by Gasteiger charge is 2.62. The minimum absolute atomic E-state index is 0.218. The molecule has 1 amide bonds. The van der Waals surface area contributed by atoms with Crippen molar-refractivity contribution >= 4 is 5.91 Å². The van der Waals surface area contributed by atoms with Crippen molar-refractivity contribution in [2.75, 3.05) is 26.7 Å². The van der Waals surface area contributed by atoms with E-state index in [4.69, 9.17) is 0 Å². The number of benzene rings is 1. The van der Waals surface area contributed by atoms with Gasteiger partial charge in [-0.2, -0.15) is 0 Å². The molecule has 0 spiro atoms. The molecule has 2 aliphatic rings. The van der Waals surface area contributed by atoms with Gasteiger partial charge in [0.1, 0.15) is 0 Å². The first-order valence-electron chi connectivity index (χ1n) is 8.87. The molecule has 1 aromatic carbocycles. The van der Waals surface area contributed by atoms with Crippen molar-refractivity contribution < 1.29 is 4.79 Å². The Morgan fingerprint density at radius 3 is 2.26 bits per heavy atom. The number of nitrogens with zero attached hydrogens (tertiary/aromatic N) is 2. The van der Waals surface area contributed by atoms with Crippen LogP contribution in [0.3, 0.4) is 0 Å². The van der Waals surface area contributed by atoms with Crippen LogP contribution in [0.1, 0.15) is 45.6 Å². The Hall–Kier alpha value is -1.35. The molecular weight excluding hydrogens is 284 g/mol. The molecule has 3 rings (SSSR count). The van der Waals surface area contributed by atoms with Gasteiger partial charge in [0.15, 0.2) is 0 Å². The van der Waals surface area contributed by atoms with Crippen LogP contribution in [-0.4, -0.2) is 48.4 Å². The summed E-state index contributed by atoms with van der Waals surface area (Å²) in [6.07, 6.45) is 3.46. The fourth-order valence-corrected chi connectivity index (χ4v) is 4.50. The van der Waals surface area contributed by atoms with Crippen LogP contribution in [0.5, 0.6) is 0 Å². The molecular formula is C20H30N2O. The molecule has 0 aromatic heterocycles. The van der Waals surface area contributed by atoms with Crippen molar-refractivity contribution in [3.8, 4) is 0 Å². The number of carbonyl (C=O) groups is 1. The molecule has 1 aliphatic carbocycles. The van der Waals surface area contributed by atoms with Gasteiger partial charge < -0.3 is 9.80 Å². The number of likely N-dealkylation sites (N-methyl/N-ethyl adjacent to an activating group) is 1. The third kappa shape index (κ3) is 3.03. The summed E-state index contributed by atoms with van der Waals surface area (Å²) in [5.74, 6) is 0.218. The summed E-state index contributed by atoms with van der Waals surface area (Å²) in [6, 6.07) is 11.6. The third-order valence-electron chi connectivity index (χ3n) is 6.29. The van der Waals surface area contributed by atoms with Crippen LogP contribution in [0.4, 0.5) is 0 Å². The zero-order valence-corrected chi connectivity index (χ0v) is 15.0. The zero-order chi connectivity index (χ0) is 16.7. The normalized spacial score (nSPS) is 27.3. The highest BCUT2D eigenvalue weighted by atomic mass is 16.2. The van der Waals surface area contributed by atoms with Crippen molar-refractivity contribution in [3.05, 3.63) is 35.9 Å². The molecule has 0 N–H and O–H groups in total. The average Bonchev–Trinajstić information content (AvgIpc) is 3.10. The summed E-state index contributed by atoms with van der Waals surface area (Å²) in [5.41, 5.74) is 2.15. The Kier molecular flexibility index (Phi) is 4.26. The van der Waals surface area contributed by atoms with Crippen molar-refractivity contribution in [3.63, 3.8) is 0 Å². The van der Waals surface area contributed by atoms with Gasteiger partial charge in [0.25, 0.3) is 0 Å². The van der Waals surface area contributed by atoms with Crippen LogP contribution in [0.15, 0.2) is 30.3 Å². The maximum absolute atomic E-state index is 11.5. The third-order valence-corrected chi connectivity index (χ3v) is 6.29. The molecule has 1 saturated carbocycles. The fourth-order valence-electron chi connectivity index (χ4n) is 4.50. The summed E-state index contributed by atoms with van der Waals surface area (Å²) in [6.45, 7) is 9.41. The minimum atomic E-state index is 0.218. The minimum Gasteiger partial charge on any atom is -0.343 e. The first-order chi connectivity index (χ1) is 10.9. The Balaban J connectivity index is 1.67. The van der Waals surface area contributed by atoms with Crippen LogP contribution in [0, 0.1) is 5.41 Å². The molecule has 126 valence electrons. The predicted molar refractivity (Wildman–Crippen MR) is 94.4 cm³/mol. The topological polar surface area (TPSA) is 23.6 Å². The lowest BCUT2D eigenvalue weighted by molar-refractivity contribution is -0.130. The second-order valence-electron chi connectivity index (χ2n) is 8.16. The summed E-state index contributed by atoms with van der Waals surface area (Å²) in [5, 5.41) is 0. The maximum atomic E-state index is 11.5.